The predicted octanol–water partition coefficient (Wildman–Crippen LogP) is 3.48. The molecule has 2 N–H and O–H groups in total. The van der Waals surface area contributed by atoms with Crippen molar-refractivity contribution in [3.63, 3.8) is 0 Å². The largest absolute Gasteiger partial charge is 0.496 e. The fraction of sp³-hybridized carbons (Fsp3) is 0.304. The predicted molar refractivity (Wildman–Crippen MR) is 116 cm³/mol. The van der Waals surface area contributed by atoms with Gasteiger partial charge in [-0.25, -0.2) is 0 Å². The SMILES string of the molecule is COc1cc(OC)c(OC)cc1/C=C/C(=O)NNC(=O)c1ccc(C(C)(C)C)cc1. The maximum absolute atomic E-state index is 12.2. The lowest BCUT2D eigenvalue weighted by Gasteiger charge is -2.19. The van der Waals surface area contributed by atoms with Crippen LogP contribution < -0.4 is 25.1 Å². The van der Waals surface area contributed by atoms with E-state index in [1.54, 1.807) is 30.3 Å². The van der Waals surface area contributed by atoms with Crippen molar-refractivity contribution in [3.8, 4) is 17.2 Å². The molecule has 2 amide bonds. The molecule has 0 aliphatic heterocycles. The van der Waals surface area contributed by atoms with Crippen molar-refractivity contribution in [1.82, 2.24) is 10.9 Å². The van der Waals surface area contributed by atoms with Crippen molar-refractivity contribution >= 4 is 17.9 Å². The molecule has 0 unspecified atom stereocenters. The third-order valence-corrected chi connectivity index (χ3v) is 4.46. The lowest BCUT2D eigenvalue weighted by atomic mass is 9.87. The van der Waals surface area contributed by atoms with Crippen LogP contribution in [0.2, 0.25) is 0 Å². The molecule has 0 bridgehead atoms. The number of carbonyl (C=O) groups is 2. The van der Waals surface area contributed by atoms with E-state index in [0.717, 1.165) is 5.56 Å². The summed E-state index contributed by atoms with van der Waals surface area (Å²) >= 11 is 0. The van der Waals surface area contributed by atoms with E-state index in [1.807, 2.05) is 12.1 Å². The van der Waals surface area contributed by atoms with Crippen LogP contribution in [0.4, 0.5) is 0 Å². The first-order chi connectivity index (χ1) is 14.2. The zero-order valence-electron chi connectivity index (χ0n) is 18.2. The molecule has 2 rings (SSSR count). The first-order valence-electron chi connectivity index (χ1n) is 9.38. The van der Waals surface area contributed by atoms with Gasteiger partial charge in [-0.2, -0.15) is 0 Å². The molecule has 2 aromatic rings. The molecule has 0 saturated heterocycles. The number of hydrogen-bond acceptors (Lipinski definition) is 5. The Balaban J connectivity index is 2.02. The molecule has 160 valence electrons. The smallest absolute Gasteiger partial charge is 0.269 e. The van der Waals surface area contributed by atoms with E-state index >= 15 is 0 Å². The van der Waals surface area contributed by atoms with Gasteiger partial charge >= 0.3 is 0 Å². The molecule has 0 aliphatic rings. The third kappa shape index (κ3) is 5.76. The lowest BCUT2D eigenvalue weighted by molar-refractivity contribution is -0.117. The highest BCUT2D eigenvalue weighted by molar-refractivity contribution is 5.98. The Morgan fingerprint density at radius 3 is 1.93 bits per heavy atom. The molecule has 30 heavy (non-hydrogen) atoms. The molecule has 0 aromatic heterocycles. The number of nitrogens with one attached hydrogen (secondary N) is 2. The molecule has 0 atom stereocenters. The summed E-state index contributed by atoms with van der Waals surface area (Å²) in [5.74, 6) is 0.637. The summed E-state index contributed by atoms with van der Waals surface area (Å²) in [7, 11) is 4.57. The summed E-state index contributed by atoms with van der Waals surface area (Å²) in [6.07, 6.45) is 2.84. The summed E-state index contributed by atoms with van der Waals surface area (Å²) < 4.78 is 15.8. The minimum Gasteiger partial charge on any atom is -0.496 e. The van der Waals surface area contributed by atoms with Gasteiger partial charge in [-0.3, -0.25) is 20.4 Å². The maximum atomic E-state index is 12.2. The topological polar surface area (TPSA) is 85.9 Å². The minimum absolute atomic E-state index is 0.000783. The Hall–Kier alpha value is -3.48. The Morgan fingerprint density at radius 2 is 1.40 bits per heavy atom. The average Bonchev–Trinajstić information content (AvgIpc) is 2.74. The van der Waals surface area contributed by atoms with Crippen LogP contribution >= 0.6 is 0 Å². The van der Waals surface area contributed by atoms with Crippen molar-refractivity contribution in [2.45, 2.75) is 26.2 Å². The molecule has 2 aromatic carbocycles. The van der Waals surface area contributed by atoms with E-state index in [1.165, 1.54) is 27.4 Å². The number of rotatable bonds is 6. The summed E-state index contributed by atoms with van der Waals surface area (Å²) in [6, 6.07) is 10.6. The highest BCUT2D eigenvalue weighted by Crippen LogP contribution is 2.35. The number of hydrazine groups is 1. The second-order valence-corrected chi connectivity index (χ2v) is 7.55. The number of hydrogen-bond donors (Lipinski definition) is 2. The van der Waals surface area contributed by atoms with Gasteiger partial charge in [0.15, 0.2) is 11.5 Å². The van der Waals surface area contributed by atoms with Gasteiger partial charge in [-0.1, -0.05) is 32.9 Å². The van der Waals surface area contributed by atoms with Gasteiger partial charge in [0.25, 0.3) is 11.8 Å². The van der Waals surface area contributed by atoms with Gasteiger partial charge in [-0.05, 0) is 35.3 Å². The van der Waals surface area contributed by atoms with Crippen molar-refractivity contribution in [3.05, 3.63) is 59.2 Å². The van der Waals surface area contributed by atoms with Gasteiger partial charge in [0.2, 0.25) is 0 Å². The number of amides is 2. The van der Waals surface area contributed by atoms with Crippen LogP contribution in [0.5, 0.6) is 17.2 Å². The lowest BCUT2D eigenvalue weighted by Crippen LogP contribution is -2.40. The molecule has 0 spiro atoms. The van der Waals surface area contributed by atoms with Crippen LogP contribution in [-0.4, -0.2) is 33.1 Å². The number of ether oxygens (including phenoxy) is 3. The molecule has 0 saturated carbocycles. The highest BCUT2D eigenvalue weighted by Gasteiger charge is 2.14. The van der Waals surface area contributed by atoms with Gasteiger partial charge in [-0.15, -0.1) is 0 Å². The molecule has 0 fully saturated rings. The Labute approximate surface area is 177 Å². The molecular formula is C23H28N2O5. The molecular weight excluding hydrogens is 384 g/mol. The number of carbonyl (C=O) groups excluding carboxylic acids is 2. The fourth-order valence-electron chi connectivity index (χ4n) is 2.70. The van der Waals surface area contributed by atoms with E-state index in [0.29, 0.717) is 28.4 Å². The van der Waals surface area contributed by atoms with E-state index < -0.39 is 11.8 Å². The number of methoxy groups -OCH3 is 3. The van der Waals surface area contributed by atoms with Gasteiger partial charge in [0.1, 0.15) is 5.75 Å². The van der Waals surface area contributed by atoms with Crippen LogP contribution in [0.15, 0.2) is 42.5 Å². The Bertz CT molecular complexity index is 928. The van der Waals surface area contributed by atoms with Crippen molar-refractivity contribution in [2.24, 2.45) is 0 Å². The van der Waals surface area contributed by atoms with Crippen LogP contribution in [0.3, 0.4) is 0 Å². The van der Waals surface area contributed by atoms with Crippen LogP contribution in [0, 0.1) is 0 Å². The zero-order valence-corrected chi connectivity index (χ0v) is 18.2. The second-order valence-electron chi connectivity index (χ2n) is 7.55. The first kappa shape index (κ1) is 22.8. The monoisotopic (exact) mass is 412 g/mol. The molecule has 7 heteroatoms. The summed E-state index contributed by atoms with van der Waals surface area (Å²) in [6.45, 7) is 6.30. The minimum atomic E-state index is -0.494. The van der Waals surface area contributed by atoms with E-state index in [2.05, 4.69) is 31.6 Å². The van der Waals surface area contributed by atoms with Gasteiger partial charge < -0.3 is 14.2 Å². The third-order valence-electron chi connectivity index (χ3n) is 4.46. The highest BCUT2D eigenvalue weighted by atomic mass is 16.5. The van der Waals surface area contributed by atoms with E-state index in [4.69, 9.17) is 14.2 Å². The molecule has 0 heterocycles. The first-order valence-corrected chi connectivity index (χ1v) is 9.38. The zero-order chi connectivity index (χ0) is 22.3. The summed E-state index contributed by atoms with van der Waals surface area (Å²) in [4.78, 5) is 24.3. The Kier molecular flexibility index (Phi) is 7.47. The van der Waals surface area contributed by atoms with Crippen molar-refractivity contribution in [1.29, 1.82) is 0 Å². The maximum Gasteiger partial charge on any atom is 0.269 e. The fourth-order valence-corrected chi connectivity index (χ4v) is 2.70. The average molecular weight is 412 g/mol. The molecule has 7 nitrogen and oxygen atoms in total. The van der Waals surface area contributed by atoms with Gasteiger partial charge in [0.05, 0.1) is 21.3 Å². The van der Waals surface area contributed by atoms with E-state index in [-0.39, 0.29) is 5.41 Å². The second kappa shape index (κ2) is 9.82. The quantitative estimate of drug-likeness (QED) is 0.560. The normalized spacial score (nSPS) is 11.1. The molecule has 0 aliphatic carbocycles. The van der Waals surface area contributed by atoms with Crippen molar-refractivity contribution in [2.75, 3.05) is 21.3 Å². The van der Waals surface area contributed by atoms with Crippen LogP contribution in [0.25, 0.3) is 6.08 Å². The van der Waals surface area contributed by atoms with Gasteiger partial charge in [0, 0.05) is 23.3 Å². The Morgan fingerprint density at radius 1 is 0.833 bits per heavy atom. The van der Waals surface area contributed by atoms with Crippen LogP contribution in [0.1, 0.15) is 42.3 Å². The van der Waals surface area contributed by atoms with Crippen LogP contribution in [-0.2, 0) is 10.2 Å². The van der Waals surface area contributed by atoms with E-state index in [9.17, 15) is 9.59 Å². The summed E-state index contributed by atoms with van der Waals surface area (Å²) in [5, 5.41) is 0. The standard InChI is InChI=1S/C23H28N2O5/c1-23(2,3)17-10-7-15(8-11-17)22(27)25-24-21(26)12-9-16-13-19(29-5)20(30-6)14-18(16)28-4/h7-14H,1-6H3,(H,24,26)(H,25,27)/b12-9+. The number of benzene rings is 2. The molecule has 0 radical (unpaired) electrons. The summed E-state index contributed by atoms with van der Waals surface area (Å²) in [5.41, 5.74) is 6.95. The van der Waals surface area contributed by atoms with Crippen molar-refractivity contribution < 1.29 is 23.8 Å².